The van der Waals surface area contributed by atoms with E-state index in [4.69, 9.17) is 0 Å². The van der Waals surface area contributed by atoms with Gasteiger partial charge < -0.3 is 4.74 Å². The Kier molecular flexibility index (Phi) is 2.36. The minimum Gasteiger partial charge on any atom is -0.423 e. The number of likely N-dealkylation sites (tertiary alicyclic amines) is 1. The topological polar surface area (TPSA) is 60.2 Å². The lowest BCUT2D eigenvalue weighted by Crippen LogP contribution is -3.23. The molecule has 5 nitrogen and oxygen atoms in total. The third-order valence-electron chi connectivity index (χ3n) is 1.75. The molecule has 0 spiro atoms. The average molecular weight is 157 g/mol. The Labute approximate surface area is 63.6 Å². The van der Waals surface area contributed by atoms with Gasteiger partial charge in [0, 0.05) is 0 Å². The van der Waals surface area contributed by atoms with E-state index in [9.17, 15) is 9.59 Å². The second-order valence-corrected chi connectivity index (χ2v) is 2.29. The standard InChI is InChI=1S/C6H8N2O3/c1-11-6(10)8-3-2-5(8)7-4-9/h5H,2-3H2,1H3/p+1. The van der Waals surface area contributed by atoms with Gasteiger partial charge in [0.25, 0.3) is 0 Å². The van der Waals surface area contributed by atoms with Gasteiger partial charge in [-0.2, -0.15) is 4.79 Å². The third-order valence-corrected chi connectivity index (χ3v) is 1.75. The molecule has 0 radical (unpaired) electrons. The van der Waals surface area contributed by atoms with Gasteiger partial charge in [0.1, 0.15) is 0 Å². The fourth-order valence-corrected chi connectivity index (χ4v) is 0.993. The van der Waals surface area contributed by atoms with E-state index < -0.39 is 0 Å². The predicted octanol–water partition coefficient (Wildman–Crippen LogP) is -1.30. The molecular weight excluding hydrogens is 148 g/mol. The smallest absolute Gasteiger partial charge is 0.423 e. The van der Waals surface area contributed by atoms with Gasteiger partial charge in [0.05, 0.1) is 20.1 Å². The van der Waals surface area contributed by atoms with Gasteiger partial charge in [-0.3, -0.25) is 0 Å². The lowest BCUT2D eigenvalue weighted by atomic mass is 10.2. The number of aliphatic imine (C=N–C) groups is 1. The molecule has 2 atom stereocenters. The number of rotatable bonds is 1. The first-order valence-corrected chi connectivity index (χ1v) is 3.30. The monoisotopic (exact) mass is 157 g/mol. The summed E-state index contributed by atoms with van der Waals surface area (Å²) in [5.74, 6) is 0. The first kappa shape index (κ1) is 7.91. The van der Waals surface area contributed by atoms with Crippen molar-refractivity contribution in [2.75, 3.05) is 13.7 Å². The van der Waals surface area contributed by atoms with E-state index in [0.717, 1.165) is 6.42 Å². The van der Waals surface area contributed by atoms with Gasteiger partial charge in [-0.15, -0.1) is 4.99 Å². The number of carbonyl (C=O) groups excluding carboxylic acids is 2. The molecular formula is C6H9N2O3+. The molecule has 11 heavy (non-hydrogen) atoms. The lowest BCUT2D eigenvalue weighted by molar-refractivity contribution is -0.895. The summed E-state index contributed by atoms with van der Waals surface area (Å²) in [6.45, 7) is 0.683. The molecule has 0 aliphatic carbocycles. The van der Waals surface area contributed by atoms with Crippen molar-refractivity contribution in [3.05, 3.63) is 0 Å². The van der Waals surface area contributed by atoms with Gasteiger partial charge in [-0.1, -0.05) is 0 Å². The number of nitrogens with zero attached hydrogens (tertiary/aromatic N) is 1. The molecule has 0 saturated carbocycles. The molecule has 1 heterocycles. The van der Waals surface area contributed by atoms with E-state index in [1.807, 2.05) is 0 Å². The van der Waals surface area contributed by atoms with E-state index in [0.29, 0.717) is 11.4 Å². The molecule has 2 unspecified atom stereocenters. The number of amides is 1. The second kappa shape index (κ2) is 3.27. The van der Waals surface area contributed by atoms with Crippen LogP contribution in [0, 0.1) is 0 Å². The van der Waals surface area contributed by atoms with Crippen LogP contribution in [0.15, 0.2) is 4.99 Å². The zero-order valence-electron chi connectivity index (χ0n) is 6.16. The fourth-order valence-electron chi connectivity index (χ4n) is 0.993. The highest BCUT2D eigenvalue weighted by molar-refractivity contribution is 5.57. The number of hydrogen-bond donors (Lipinski definition) is 1. The van der Waals surface area contributed by atoms with Crippen LogP contribution in [0.2, 0.25) is 0 Å². The largest absolute Gasteiger partial charge is 0.515 e. The Balaban J connectivity index is 2.49. The molecule has 0 aromatic carbocycles. The molecule has 1 aliphatic heterocycles. The Morgan fingerprint density at radius 2 is 2.55 bits per heavy atom. The average Bonchev–Trinajstić information content (AvgIpc) is 1.98. The molecule has 1 saturated heterocycles. The zero-order valence-corrected chi connectivity index (χ0v) is 6.16. The Morgan fingerprint density at radius 3 is 2.91 bits per heavy atom. The van der Waals surface area contributed by atoms with Gasteiger partial charge >= 0.3 is 6.09 Å². The van der Waals surface area contributed by atoms with Crippen LogP contribution < -0.4 is 4.90 Å². The van der Waals surface area contributed by atoms with Crippen molar-refractivity contribution < 1.29 is 19.2 Å². The van der Waals surface area contributed by atoms with Gasteiger partial charge in [-0.05, 0) is 0 Å². The fraction of sp³-hybridized carbons (Fsp3) is 0.667. The number of quaternary nitrogens is 1. The van der Waals surface area contributed by atoms with E-state index in [1.54, 1.807) is 0 Å². The van der Waals surface area contributed by atoms with Crippen LogP contribution in [0.3, 0.4) is 0 Å². The molecule has 1 amide bonds. The predicted molar refractivity (Wildman–Crippen MR) is 34.8 cm³/mol. The number of carbonyl (C=O) groups is 1. The summed E-state index contributed by atoms with van der Waals surface area (Å²) in [6, 6.07) is 0. The summed E-state index contributed by atoms with van der Waals surface area (Å²) in [4.78, 5) is 24.7. The summed E-state index contributed by atoms with van der Waals surface area (Å²) in [5.41, 5.74) is 0. The quantitative estimate of drug-likeness (QED) is 0.380. The van der Waals surface area contributed by atoms with Crippen LogP contribution in [0.5, 0.6) is 0 Å². The minimum atomic E-state index is -0.361. The maximum Gasteiger partial charge on any atom is 0.515 e. The van der Waals surface area contributed by atoms with Crippen LogP contribution in [-0.2, 0) is 9.53 Å². The van der Waals surface area contributed by atoms with E-state index >= 15 is 0 Å². The van der Waals surface area contributed by atoms with Crippen molar-refractivity contribution >= 4 is 12.2 Å². The summed E-state index contributed by atoms with van der Waals surface area (Å²) >= 11 is 0. The number of isocyanates is 1. The summed E-state index contributed by atoms with van der Waals surface area (Å²) < 4.78 is 4.46. The minimum absolute atomic E-state index is 0.264. The van der Waals surface area contributed by atoms with Gasteiger partial charge in [-0.25, -0.2) is 9.69 Å². The molecule has 5 heteroatoms. The number of methoxy groups -OCH3 is 1. The van der Waals surface area contributed by atoms with Gasteiger partial charge in [0.2, 0.25) is 12.2 Å². The van der Waals surface area contributed by atoms with E-state index in [2.05, 4.69) is 9.73 Å². The van der Waals surface area contributed by atoms with Gasteiger partial charge in [0.15, 0.2) is 0 Å². The first-order valence-electron chi connectivity index (χ1n) is 3.30. The maximum absolute atomic E-state index is 10.8. The molecule has 0 bridgehead atoms. The van der Waals surface area contributed by atoms with Crippen molar-refractivity contribution in [2.24, 2.45) is 4.99 Å². The SMILES string of the molecule is COC(=O)[NH+]1CCC1N=C=O. The summed E-state index contributed by atoms with van der Waals surface area (Å²) in [6.07, 6.45) is 1.55. The number of ether oxygens (including phenoxy) is 1. The van der Waals surface area contributed by atoms with Crippen molar-refractivity contribution in [1.29, 1.82) is 0 Å². The summed E-state index contributed by atoms with van der Waals surface area (Å²) in [7, 11) is 1.31. The van der Waals surface area contributed by atoms with Crippen molar-refractivity contribution in [2.45, 2.75) is 12.6 Å². The second-order valence-electron chi connectivity index (χ2n) is 2.29. The Morgan fingerprint density at radius 1 is 1.82 bits per heavy atom. The van der Waals surface area contributed by atoms with Crippen molar-refractivity contribution in [3.8, 4) is 0 Å². The molecule has 0 aromatic heterocycles. The van der Waals surface area contributed by atoms with Crippen LogP contribution >= 0.6 is 0 Å². The number of hydrogen-bond acceptors (Lipinski definition) is 4. The highest BCUT2D eigenvalue weighted by atomic mass is 16.5. The maximum atomic E-state index is 10.8. The van der Waals surface area contributed by atoms with Crippen LogP contribution in [0.4, 0.5) is 4.79 Å². The Bertz CT molecular complexity index is 210. The van der Waals surface area contributed by atoms with E-state index in [1.165, 1.54) is 13.2 Å². The molecule has 1 fully saturated rings. The zero-order chi connectivity index (χ0) is 8.27. The molecule has 1 rings (SSSR count). The third kappa shape index (κ3) is 1.45. The number of alkyl carbamates (subject to hydrolysis) is 2. The summed E-state index contributed by atoms with van der Waals surface area (Å²) in [5, 5.41) is 0. The molecule has 1 N–H and O–H groups in total. The first-order chi connectivity index (χ1) is 5.29. The van der Waals surface area contributed by atoms with Crippen molar-refractivity contribution in [1.82, 2.24) is 0 Å². The van der Waals surface area contributed by atoms with Crippen LogP contribution in [0.25, 0.3) is 0 Å². The van der Waals surface area contributed by atoms with E-state index in [-0.39, 0.29) is 12.3 Å². The highest BCUT2D eigenvalue weighted by Crippen LogP contribution is 1.95. The highest BCUT2D eigenvalue weighted by Gasteiger charge is 2.39. The van der Waals surface area contributed by atoms with Crippen molar-refractivity contribution in [3.63, 3.8) is 0 Å². The van der Waals surface area contributed by atoms with Crippen LogP contribution in [-0.4, -0.2) is 32.0 Å². The number of nitrogens with one attached hydrogen (secondary N) is 1. The van der Waals surface area contributed by atoms with Crippen LogP contribution in [0.1, 0.15) is 6.42 Å². The molecule has 0 aromatic rings. The normalized spacial score (nSPS) is 28.1. The molecule has 1 aliphatic rings. The lowest BCUT2D eigenvalue weighted by Gasteiger charge is -2.28. The molecule has 60 valence electrons. The Hall–Kier alpha value is -1.19.